The third kappa shape index (κ3) is 7.51. The van der Waals surface area contributed by atoms with Gasteiger partial charge in [-0.2, -0.15) is 0 Å². The zero-order chi connectivity index (χ0) is 11.9. The Kier molecular flexibility index (Phi) is 6.77. The first-order valence-corrected chi connectivity index (χ1v) is 5.79. The zero-order valence-corrected chi connectivity index (χ0v) is 10.4. The number of nitrogens with one attached hydrogen (secondary N) is 1. The Hall–Kier alpha value is -0.410. The Bertz CT molecular complexity index is 178. The van der Waals surface area contributed by atoms with Crippen molar-refractivity contribution in [3.63, 3.8) is 0 Å². The number of carbonyl (C=O) groups excluding carboxylic acids is 1. The molecule has 0 bridgehead atoms. The summed E-state index contributed by atoms with van der Waals surface area (Å²) in [5.74, 6) is 0. The van der Waals surface area contributed by atoms with Gasteiger partial charge < -0.3 is 15.2 Å². The Morgan fingerprint density at radius 3 is 2.47 bits per heavy atom. The molecule has 0 aromatic carbocycles. The van der Waals surface area contributed by atoms with Gasteiger partial charge in [0.1, 0.15) is 6.29 Å². The molecule has 0 rings (SSSR count). The quantitative estimate of drug-likeness (QED) is 0.606. The van der Waals surface area contributed by atoms with E-state index in [0.29, 0.717) is 12.6 Å². The van der Waals surface area contributed by atoms with Crippen LogP contribution in [0.3, 0.4) is 0 Å². The number of aldehydes is 1. The Labute approximate surface area is 93.3 Å². The summed E-state index contributed by atoms with van der Waals surface area (Å²) in [6.45, 7) is 8.43. The van der Waals surface area contributed by atoms with E-state index >= 15 is 0 Å². The van der Waals surface area contributed by atoms with Gasteiger partial charge in [-0.15, -0.1) is 0 Å². The molecule has 0 fully saturated rings. The van der Waals surface area contributed by atoms with Gasteiger partial charge in [-0.1, -0.05) is 27.2 Å². The first-order valence-electron chi connectivity index (χ1n) is 5.79. The van der Waals surface area contributed by atoms with Crippen LogP contribution in [0.15, 0.2) is 0 Å². The molecule has 0 aromatic rings. The van der Waals surface area contributed by atoms with Crippen LogP contribution in [0.1, 0.15) is 47.0 Å². The second-order valence-electron chi connectivity index (χ2n) is 5.06. The van der Waals surface area contributed by atoms with E-state index < -0.39 is 0 Å². The van der Waals surface area contributed by atoms with Gasteiger partial charge in [-0.25, -0.2) is 0 Å². The van der Waals surface area contributed by atoms with Crippen LogP contribution in [0.2, 0.25) is 0 Å². The summed E-state index contributed by atoms with van der Waals surface area (Å²) >= 11 is 0. The summed E-state index contributed by atoms with van der Waals surface area (Å²) in [6, 6.07) is 0.314. The topological polar surface area (TPSA) is 49.3 Å². The predicted molar refractivity (Wildman–Crippen MR) is 62.8 cm³/mol. The molecule has 0 aromatic heterocycles. The number of aliphatic hydroxyl groups excluding tert-OH is 1. The number of hydrogen-bond acceptors (Lipinski definition) is 3. The molecule has 0 spiro atoms. The SMILES string of the molecule is CCCC(CC(C)O)NCC(C)(C)C=O. The van der Waals surface area contributed by atoms with Gasteiger partial charge in [0, 0.05) is 18.0 Å². The van der Waals surface area contributed by atoms with Gasteiger partial charge in [0.2, 0.25) is 0 Å². The maximum atomic E-state index is 10.7. The van der Waals surface area contributed by atoms with Crippen LogP contribution in [0.4, 0.5) is 0 Å². The first-order chi connectivity index (χ1) is 6.91. The summed E-state index contributed by atoms with van der Waals surface area (Å²) in [5.41, 5.74) is -0.315. The smallest absolute Gasteiger partial charge is 0.126 e. The van der Waals surface area contributed by atoms with Crippen LogP contribution >= 0.6 is 0 Å². The summed E-state index contributed by atoms with van der Waals surface area (Å²) in [6.07, 6.45) is 3.58. The molecular formula is C12H25NO2. The highest BCUT2D eigenvalue weighted by Gasteiger charge is 2.19. The molecule has 2 atom stereocenters. The Balaban J connectivity index is 4.00. The maximum absolute atomic E-state index is 10.7. The fraction of sp³-hybridized carbons (Fsp3) is 0.917. The second-order valence-corrected chi connectivity index (χ2v) is 5.06. The van der Waals surface area contributed by atoms with Gasteiger partial charge in [0.25, 0.3) is 0 Å². The lowest BCUT2D eigenvalue weighted by Gasteiger charge is -2.24. The first kappa shape index (κ1) is 14.6. The van der Waals surface area contributed by atoms with E-state index in [1.165, 1.54) is 0 Å². The van der Waals surface area contributed by atoms with Gasteiger partial charge in [0.15, 0.2) is 0 Å². The van der Waals surface area contributed by atoms with E-state index in [4.69, 9.17) is 0 Å². The maximum Gasteiger partial charge on any atom is 0.126 e. The average Bonchev–Trinajstić information content (AvgIpc) is 2.14. The summed E-state index contributed by atoms with van der Waals surface area (Å²) in [4.78, 5) is 10.7. The van der Waals surface area contributed by atoms with Crippen LogP contribution in [0.25, 0.3) is 0 Å². The number of carbonyl (C=O) groups is 1. The zero-order valence-electron chi connectivity index (χ0n) is 10.4. The van der Waals surface area contributed by atoms with E-state index in [1.807, 2.05) is 13.8 Å². The largest absolute Gasteiger partial charge is 0.393 e. The highest BCUT2D eigenvalue weighted by molar-refractivity contribution is 5.58. The molecule has 2 N–H and O–H groups in total. The third-order valence-corrected chi connectivity index (χ3v) is 2.43. The predicted octanol–water partition coefficient (Wildman–Crippen LogP) is 1.74. The number of hydrogen-bond donors (Lipinski definition) is 2. The summed E-state index contributed by atoms with van der Waals surface area (Å²) < 4.78 is 0. The van der Waals surface area contributed by atoms with Crippen molar-refractivity contribution in [2.45, 2.75) is 59.1 Å². The van der Waals surface area contributed by atoms with E-state index in [0.717, 1.165) is 25.5 Å². The molecule has 0 aliphatic carbocycles. The van der Waals surface area contributed by atoms with Gasteiger partial charge in [-0.05, 0) is 19.8 Å². The Morgan fingerprint density at radius 2 is 2.07 bits per heavy atom. The van der Waals surface area contributed by atoms with Crippen LogP contribution < -0.4 is 5.32 Å². The van der Waals surface area contributed by atoms with Crippen LogP contribution in [0, 0.1) is 5.41 Å². The lowest BCUT2D eigenvalue weighted by Crippen LogP contribution is -2.39. The molecule has 0 saturated carbocycles. The van der Waals surface area contributed by atoms with E-state index in [9.17, 15) is 9.90 Å². The molecule has 0 aliphatic heterocycles. The second kappa shape index (κ2) is 6.96. The molecule has 0 aliphatic rings. The molecule has 3 heteroatoms. The monoisotopic (exact) mass is 215 g/mol. The minimum Gasteiger partial charge on any atom is -0.393 e. The molecule has 0 saturated heterocycles. The van der Waals surface area contributed by atoms with E-state index in [-0.39, 0.29) is 11.5 Å². The van der Waals surface area contributed by atoms with Crippen molar-refractivity contribution >= 4 is 6.29 Å². The minimum atomic E-state index is -0.315. The van der Waals surface area contributed by atoms with Gasteiger partial charge in [0.05, 0.1) is 6.10 Å². The van der Waals surface area contributed by atoms with Gasteiger partial charge >= 0.3 is 0 Å². The number of rotatable bonds is 8. The highest BCUT2D eigenvalue weighted by Crippen LogP contribution is 2.11. The molecule has 2 unspecified atom stereocenters. The van der Waals surface area contributed by atoms with Crippen molar-refractivity contribution in [1.29, 1.82) is 0 Å². The van der Waals surface area contributed by atoms with Crippen molar-refractivity contribution in [2.75, 3.05) is 6.54 Å². The van der Waals surface area contributed by atoms with Crippen molar-refractivity contribution < 1.29 is 9.90 Å². The van der Waals surface area contributed by atoms with Crippen LogP contribution in [-0.4, -0.2) is 30.1 Å². The minimum absolute atomic E-state index is 0.284. The van der Waals surface area contributed by atoms with Crippen LogP contribution in [-0.2, 0) is 4.79 Å². The molecule has 3 nitrogen and oxygen atoms in total. The van der Waals surface area contributed by atoms with Crippen molar-refractivity contribution in [3.8, 4) is 0 Å². The third-order valence-electron chi connectivity index (χ3n) is 2.43. The molecule has 0 heterocycles. The molecule has 0 amide bonds. The summed E-state index contributed by atoms with van der Waals surface area (Å²) in [5, 5.41) is 12.7. The standard InChI is InChI=1S/C12H25NO2/c1-5-6-11(7-10(2)15)13-8-12(3,4)9-14/h9-11,13,15H,5-8H2,1-4H3. The molecular weight excluding hydrogens is 190 g/mol. The van der Waals surface area contributed by atoms with E-state index in [2.05, 4.69) is 12.2 Å². The fourth-order valence-corrected chi connectivity index (χ4v) is 1.51. The van der Waals surface area contributed by atoms with Gasteiger partial charge in [-0.3, -0.25) is 0 Å². The number of aliphatic hydroxyl groups is 1. The lowest BCUT2D eigenvalue weighted by atomic mass is 9.94. The van der Waals surface area contributed by atoms with Crippen molar-refractivity contribution in [1.82, 2.24) is 5.32 Å². The van der Waals surface area contributed by atoms with E-state index in [1.54, 1.807) is 6.92 Å². The molecule has 90 valence electrons. The van der Waals surface area contributed by atoms with Crippen LogP contribution in [0.5, 0.6) is 0 Å². The summed E-state index contributed by atoms with van der Waals surface area (Å²) in [7, 11) is 0. The molecule has 15 heavy (non-hydrogen) atoms. The Morgan fingerprint density at radius 1 is 1.47 bits per heavy atom. The average molecular weight is 215 g/mol. The fourth-order valence-electron chi connectivity index (χ4n) is 1.51. The highest BCUT2D eigenvalue weighted by atomic mass is 16.3. The molecule has 0 radical (unpaired) electrons. The van der Waals surface area contributed by atoms with Crippen molar-refractivity contribution in [3.05, 3.63) is 0 Å². The normalized spacial score (nSPS) is 16.1. The lowest BCUT2D eigenvalue weighted by molar-refractivity contribution is -0.114. The van der Waals surface area contributed by atoms with Crippen molar-refractivity contribution in [2.24, 2.45) is 5.41 Å².